The Bertz CT molecular complexity index is 520. The van der Waals surface area contributed by atoms with Crippen molar-refractivity contribution in [3.63, 3.8) is 0 Å². The maximum Gasteiger partial charge on any atom is 0.119 e. The predicted molar refractivity (Wildman–Crippen MR) is 82.7 cm³/mol. The number of para-hydroxylation sites is 1. The van der Waals surface area contributed by atoms with E-state index in [4.69, 9.17) is 10.6 Å². The topological polar surface area (TPSA) is 47.3 Å². The molecule has 0 aliphatic rings. The van der Waals surface area contributed by atoms with Crippen molar-refractivity contribution >= 4 is 0 Å². The van der Waals surface area contributed by atoms with Crippen LogP contribution in [0.5, 0.6) is 5.75 Å². The summed E-state index contributed by atoms with van der Waals surface area (Å²) in [5, 5.41) is 0. The van der Waals surface area contributed by atoms with Gasteiger partial charge in [-0.1, -0.05) is 47.5 Å². The van der Waals surface area contributed by atoms with Gasteiger partial charge in [-0.05, 0) is 38.0 Å². The molecule has 106 valence electrons. The molecule has 0 amide bonds. The minimum Gasteiger partial charge on any atom is -0.492 e. The number of nitrogens with one attached hydrogen (secondary N) is 1. The molecule has 0 fully saturated rings. The third kappa shape index (κ3) is 4.37. The second kappa shape index (κ2) is 7.08. The third-order valence-corrected chi connectivity index (χ3v) is 3.19. The van der Waals surface area contributed by atoms with Gasteiger partial charge in [0.05, 0.1) is 6.04 Å². The van der Waals surface area contributed by atoms with Crippen molar-refractivity contribution < 1.29 is 4.74 Å². The van der Waals surface area contributed by atoms with Gasteiger partial charge in [0, 0.05) is 0 Å². The molecule has 0 aromatic heterocycles. The average Bonchev–Trinajstić information content (AvgIpc) is 2.43. The maximum atomic E-state index is 5.75. The molecule has 0 heterocycles. The van der Waals surface area contributed by atoms with Gasteiger partial charge in [0.1, 0.15) is 12.4 Å². The monoisotopic (exact) mass is 270 g/mol. The average molecular weight is 270 g/mol. The van der Waals surface area contributed by atoms with Crippen LogP contribution in [-0.2, 0) is 6.42 Å². The van der Waals surface area contributed by atoms with Gasteiger partial charge in [-0.25, -0.2) is 0 Å². The molecule has 2 rings (SSSR count). The van der Waals surface area contributed by atoms with Crippen LogP contribution >= 0.6 is 0 Å². The number of hydrogen-bond acceptors (Lipinski definition) is 3. The van der Waals surface area contributed by atoms with Crippen LogP contribution in [0.1, 0.15) is 16.7 Å². The molecule has 0 saturated heterocycles. The van der Waals surface area contributed by atoms with Crippen LogP contribution in [-0.4, -0.2) is 12.6 Å². The van der Waals surface area contributed by atoms with Crippen LogP contribution in [0.2, 0.25) is 0 Å². The van der Waals surface area contributed by atoms with Gasteiger partial charge in [0.2, 0.25) is 0 Å². The largest absolute Gasteiger partial charge is 0.492 e. The lowest BCUT2D eigenvalue weighted by atomic mass is 10.0. The lowest BCUT2D eigenvalue weighted by molar-refractivity contribution is 0.264. The summed E-state index contributed by atoms with van der Waals surface area (Å²) in [4.78, 5) is 0. The molecule has 3 heteroatoms. The van der Waals surface area contributed by atoms with Gasteiger partial charge in [-0.15, -0.1) is 0 Å². The van der Waals surface area contributed by atoms with E-state index in [-0.39, 0.29) is 6.04 Å². The number of benzene rings is 2. The first-order chi connectivity index (χ1) is 9.67. The summed E-state index contributed by atoms with van der Waals surface area (Å²) in [7, 11) is 0. The summed E-state index contributed by atoms with van der Waals surface area (Å²) in [6.07, 6.45) is 0.853. The standard InChI is InChI=1S/C17H22N2O/c1-13-8-14(2)10-15(9-13)11-16(19-18)12-20-17-6-4-3-5-7-17/h3-10,16,19H,11-12,18H2,1-2H3. The molecular weight excluding hydrogens is 248 g/mol. The number of aryl methyl sites for hydroxylation is 2. The van der Waals surface area contributed by atoms with Crippen LogP contribution in [0.25, 0.3) is 0 Å². The Morgan fingerprint density at radius 2 is 1.70 bits per heavy atom. The summed E-state index contributed by atoms with van der Waals surface area (Å²) in [6.45, 7) is 4.78. The zero-order chi connectivity index (χ0) is 14.4. The van der Waals surface area contributed by atoms with Gasteiger partial charge in [0.25, 0.3) is 0 Å². The Balaban J connectivity index is 1.95. The molecule has 1 atom stereocenters. The Hall–Kier alpha value is -1.84. The zero-order valence-electron chi connectivity index (χ0n) is 12.1. The lowest BCUT2D eigenvalue weighted by Gasteiger charge is -2.17. The Kier molecular flexibility index (Phi) is 5.16. The van der Waals surface area contributed by atoms with Crippen LogP contribution in [0.3, 0.4) is 0 Å². The van der Waals surface area contributed by atoms with Gasteiger partial charge < -0.3 is 4.74 Å². The number of hydrogen-bond donors (Lipinski definition) is 2. The van der Waals surface area contributed by atoms with E-state index in [1.165, 1.54) is 16.7 Å². The fourth-order valence-electron chi connectivity index (χ4n) is 2.35. The highest BCUT2D eigenvalue weighted by molar-refractivity contribution is 5.29. The van der Waals surface area contributed by atoms with E-state index in [9.17, 15) is 0 Å². The summed E-state index contributed by atoms with van der Waals surface area (Å²) in [5.41, 5.74) is 6.67. The molecule has 0 spiro atoms. The van der Waals surface area contributed by atoms with E-state index in [0.29, 0.717) is 6.61 Å². The van der Waals surface area contributed by atoms with Crippen molar-refractivity contribution in [1.29, 1.82) is 0 Å². The minimum atomic E-state index is 0.0939. The van der Waals surface area contributed by atoms with Crippen LogP contribution in [0, 0.1) is 13.8 Å². The SMILES string of the molecule is Cc1cc(C)cc(CC(COc2ccccc2)NN)c1. The quantitative estimate of drug-likeness (QED) is 0.627. The Morgan fingerprint density at radius 3 is 2.30 bits per heavy atom. The molecule has 0 bridgehead atoms. The zero-order valence-corrected chi connectivity index (χ0v) is 12.1. The molecule has 3 N–H and O–H groups in total. The number of ether oxygens (including phenoxy) is 1. The van der Waals surface area contributed by atoms with Gasteiger partial charge >= 0.3 is 0 Å². The molecule has 0 radical (unpaired) electrons. The third-order valence-electron chi connectivity index (χ3n) is 3.19. The van der Waals surface area contributed by atoms with Gasteiger partial charge in [-0.2, -0.15) is 0 Å². The molecule has 3 nitrogen and oxygen atoms in total. The van der Waals surface area contributed by atoms with Crippen molar-refractivity contribution in [2.24, 2.45) is 5.84 Å². The van der Waals surface area contributed by atoms with Crippen LogP contribution in [0.4, 0.5) is 0 Å². The Morgan fingerprint density at radius 1 is 1.05 bits per heavy atom. The van der Waals surface area contributed by atoms with Crippen LogP contribution < -0.4 is 16.0 Å². The van der Waals surface area contributed by atoms with Crippen molar-refractivity contribution in [3.8, 4) is 5.75 Å². The fourth-order valence-corrected chi connectivity index (χ4v) is 2.35. The lowest BCUT2D eigenvalue weighted by Crippen LogP contribution is -2.41. The first-order valence-corrected chi connectivity index (χ1v) is 6.88. The molecule has 0 aliphatic heterocycles. The highest BCUT2D eigenvalue weighted by atomic mass is 16.5. The summed E-state index contributed by atoms with van der Waals surface area (Å²) in [6, 6.07) is 16.5. The van der Waals surface area contributed by atoms with Crippen molar-refractivity contribution in [2.75, 3.05) is 6.61 Å². The first kappa shape index (κ1) is 14.6. The minimum absolute atomic E-state index is 0.0939. The Labute approximate surface area is 120 Å². The van der Waals surface area contributed by atoms with E-state index >= 15 is 0 Å². The van der Waals surface area contributed by atoms with Crippen molar-refractivity contribution in [3.05, 3.63) is 65.2 Å². The van der Waals surface area contributed by atoms with E-state index in [0.717, 1.165) is 12.2 Å². The molecule has 0 saturated carbocycles. The smallest absolute Gasteiger partial charge is 0.119 e. The second-order valence-corrected chi connectivity index (χ2v) is 5.19. The van der Waals surface area contributed by atoms with Crippen LogP contribution in [0.15, 0.2) is 48.5 Å². The normalized spacial score (nSPS) is 12.2. The molecule has 2 aromatic rings. The number of hydrazine groups is 1. The summed E-state index contributed by atoms with van der Waals surface area (Å²) < 4.78 is 5.75. The first-order valence-electron chi connectivity index (χ1n) is 6.88. The number of nitrogens with two attached hydrogens (primary N) is 1. The van der Waals surface area contributed by atoms with E-state index < -0.39 is 0 Å². The van der Waals surface area contributed by atoms with E-state index in [1.807, 2.05) is 30.3 Å². The molecule has 0 aliphatic carbocycles. The molecule has 2 aromatic carbocycles. The van der Waals surface area contributed by atoms with Crippen molar-refractivity contribution in [2.45, 2.75) is 26.3 Å². The summed E-state index contributed by atoms with van der Waals surface area (Å²) >= 11 is 0. The highest BCUT2D eigenvalue weighted by Gasteiger charge is 2.09. The predicted octanol–water partition coefficient (Wildman–Crippen LogP) is 2.76. The van der Waals surface area contributed by atoms with E-state index in [2.05, 4.69) is 37.5 Å². The molecule has 1 unspecified atom stereocenters. The van der Waals surface area contributed by atoms with Crippen molar-refractivity contribution in [1.82, 2.24) is 5.43 Å². The summed E-state index contributed by atoms with van der Waals surface area (Å²) in [5.74, 6) is 6.50. The van der Waals surface area contributed by atoms with E-state index in [1.54, 1.807) is 0 Å². The molecule has 20 heavy (non-hydrogen) atoms. The molecular formula is C17H22N2O. The second-order valence-electron chi connectivity index (χ2n) is 5.19. The fraction of sp³-hybridized carbons (Fsp3) is 0.294. The van der Waals surface area contributed by atoms with Gasteiger partial charge in [0.15, 0.2) is 0 Å². The maximum absolute atomic E-state index is 5.75. The highest BCUT2D eigenvalue weighted by Crippen LogP contribution is 2.13. The van der Waals surface area contributed by atoms with Gasteiger partial charge in [-0.3, -0.25) is 11.3 Å². The number of rotatable bonds is 6.